The van der Waals surface area contributed by atoms with Gasteiger partial charge in [0, 0.05) is 30.6 Å². The zero-order valence-corrected chi connectivity index (χ0v) is 17.3. The summed E-state index contributed by atoms with van der Waals surface area (Å²) < 4.78 is 16.3. The molecule has 156 valence electrons. The van der Waals surface area contributed by atoms with Gasteiger partial charge in [-0.25, -0.2) is 9.37 Å². The summed E-state index contributed by atoms with van der Waals surface area (Å²) in [4.78, 5) is 19.9. The van der Waals surface area contributed by atoms with Crippen LogP contribution in [0.25, 0.3) is 22.4 Å². The van der Waals surface area contributed by atoms with Crippen LogP contribution in [0.4, 0.5) is 4.39 Å². The van der Waals surface area contributed by atoms with Crippen molar-refractivity contribution in [2.75, 3.05) is 13.1 Å². The van der Waals surface area contributed by atoms with Crippen molar-refractivity contribution in [2.24, 2.45) is 5.92 Å². The molecule has 0 bridgehead atoms. The number of amides is 1. The molecule has 3 aromatic rings. The molecule has 2 heterocycles. The molecule has 1 aliphatic heterocycles. The lowest BCUT2D eigenvalue weighted by Gasteiger charge is -2.36. The van der Waals surface area contributed by atoms with Gasteiger partial charge in [0.2, 0.25) is 5.91 Å². The summed E-state index contributed by atoms with van der Waals surface area (Å²) in [7, 11) is 0. The Morgan fingerprint density at radius 1 is 0.933 bits per heavy atom. The smallest absolute Gasteiger partial charge is 0.225 e. The van der Waals surface area contributed by atoms with Crippen molar-refractivity contribution in [3.8, 4) is 11.4 Å². The number of nitrogens with zero attached hydrogens (tertiary/aromatic N) is 3. The number of benzene rings is 2. The van der Waals surface area contributed by atoms with E-state index < -0.39 is 0 Å². The number of fused-ring (bicyclic) bond motifs is 1. The van der Waals surface area contributed by atoms with Gasteiger partial charge in [-0.15, -0.1) is 0 Å². The molecule has 2 aromatic carbocycles. The van der Waals surface area contributed by atoms with Crippen LogP contribution in [0, 0.1) is 11.7 Å². The van der Waals surface area contributed by atoms with Crippen molar-refractivity contribution in [1.29, 1.82) is 0 Å². The zero-order valence-electron chi connectivity index (χ0n) is 17.3. The number of carbonyl (C=O) groups is 1. The van der Waals surface area contributed by atoms with E-state index in [2.05, 4.69) is 21.6 Å². The van der Waals surface area contributed by atoms with Crippen LogP contribution in [0.3, 0.4) is 0 Å². The molecule has 0 atom stereocenters. The highest BCUT2D eigenvalue weighted by atomic mass is 19.1. The standard InChI is InChI=1S/C25H28FN3O/c26-20-11-12-22-23(17-20)29(24(27-22)18-7-3-1-4-8-18)21-13-15-28(16-14-21)25(30)19-9-5-2-6-10-19/h1,3-4,7-8,11-12,17,19,21H,2,5-6,9-10,13-16H2. The molecule has 30 heavy (non-hydrogen) atoms. The van der Waals surface area contributed by atoms with Gasteiger partial charge in [0.1, 0.15) is 11.6 Å². The maximum absolute atomic E-state index is 14.1. The summed E-state index contributed by atoms with van der Waals surface area (Å²) in [6.45, 7) is 1.53. The molecule has 5 rings (SSSR count). The van der Waals surface area contributed by atoms with E-state index in [0.29, 0.717) is 5.91 Å². The van der Waals surface area contributed by atoms with Crippen molar-refractivity contribution >= 4 is 16.9 Å². The van der Waals surface area contributed by atoms with Crippen molar-refractivity contribution in [2.45, 2.75) is 51.0 Å². The molecule has 0 radical (unpaired) electrons. The molecule has 0 N–H and O–H groups in total. The van der Waals surface area contributed by atoms with Crippen LogP contribution in [0.1, 0.15) is 51.0 Å². The molecule has 0 spiro atoms. The van der Waals surface area contributed by atoms with Crippen LogP contribution in [0.2, 0.25) is 0 Å². The van der Waals surface area contributed by atoms with Gasteiger partial charge in [0.25, 0.3) is 0 Å². The lowest BCUT2D eigenvalue weighted by molar-refractivity contribution is -0.137. The second-order valence-electron chi connectivity index (χ2n) is 8.70. The summed E-state index contributed by atoms with van der Waals surface area (Å²) in [5.74, 6) is 1.21. The minimum absolute atomic E-state index is 0.211. The summed E-state index contributed by atoms with van der Waals surface area (Å²) in [6.07, 6.45) is 7.46. The second-order valence-corrected chi connectivity index (χ2v) is 8.70. The molecule has 1 saturated carbocycles. The normalized spacial score (nSPS) is 18.8. The largest absolute Gasteiger partial charge is 0.342 e. The number of aromatic nitrogens is 2. The lowest BCUT2D eigenvalue weighted by atomic mass is 9.87. The van der Waals surface area contributed by atoms with E-state index in [4.69, 9.17) is 4.98 Å². The molecule has 4 nitrogen and oxygen atoms in total. The minimum atomic E-state index is -0.242. The highest BCUT2D eigenvalue weighted by molar-refractivity contribution is 5.81. The van der Waals surface area contributed by atoms with Crippen molar-refractivity contribution in [3.05, 3.63) is 54.3 Å². The highest BCUT2D eigenvalue weighted by Crippen LogP contribution is 2.34. The van der Waals surface area contributed by atoms with Gasteiger partial charge >= 0.3 is 0 Å². The van der Waals surface area contributed by atoms with E-state index >= 15 is 0 Å². The Hall–Kier alpha value is -2.69. The van der Waals surface area contributed by atoms with E-state index in [0.717, 1.165) is 61.2 Å². The van der Waals surface area contributed by atoms with Gasteiger partial charge in [-0.3, -0.25) is 4.79 Å². The summed E-state index contributed by atoms with van der Waals surface area (Å²) in [5.41, 5.74) is 2.69. The number of hydrogen-bond acceptors (Lipinski definition) is 2. The average Bonchev–Trinajstić information content (AvgIpc) is 3.18. The van der Waals surface area contributed by atoms with Crippen LogP contribution in [-0.2, 0) is 4.79 Å². The van der Waals surface area contributed by atoms with E-state index in [1.165, 1.54) is 25.3 Å². The maximum Gasteiger partial charge on any atom is 0.225 e. The van der Waals surface area contributed by atoms with E-state index in [9.17, 15) is 9.18 Å². The third-order valence-corrected chi connectivity index (χ3v) is 6.78. The third-order valence-electron chi connectivity index (χ3n) is 6.78. The van der Waals surface area contributed by atoms with Gasteiger partial charge in [-0.1, -0.05) is 49.6 Å². The first kappa shape index (κ1) is 19.3. The molecular formula is C25H28FN3O. The first-order valence-electron chi connectivity index (χ1n) is 11.2. The third kappa shape index (κ3) is 3.62. The minimum Gasteiger partial charge on any atom is -0.342 e. The fourth-order valence-corrected chi connectivity index (χ4v) is 5.18. The molecule has 0 unspecified atom stereocenters. The molecule has 1 aromatic heterocycles. The quantitative estimate of drug-likeness (QED) is 0.570. The van der Waals surface area contributed by atoms with Crippen LogP contribution < -0.4 is 0 Å². The van der Waals surface area contributed by atoms with E-state index in [-0.39, 0.29) is 17.8 Å². The molecular weight excluding hydrogens is 377 g/mol. The fraction of sp³-hybridized carbons (Fsp3) is 0.440. The lowest BCUT2D eigenvalue weighted by Crippen LogP contribution is -2.42. The van der Waals surface area contributed by atoms with E-state index in [1.54, 1.807) is 12.1 Å². The fourth-order valence-electron chi connectivity index (χ4n) is 5.18. The summed E-state index contributed by atoms with van der Waals surface area (Å²) in [6, 6.07) is 15.1. The Balaban J connectivity index is 1.42. The predicted octanol–water partition coefficient (Wildman–Crippen LogP) is 5.59. The number of halogens is 1. The van der Waals surface area contributed by atoms with Crippen LogP contribution in [-0.4, -0.2) is 33.4 Å². The maximum atomic E-state index is 14.1. The molecule has 1 amide bonds. The van der Waals surface area contributed by atoms with Crippen LogP contribution in [0.5, 0.6) is 0 Å². The van der Waals surface area contributed by atoms with Crippen LogP contribution >= 0.6 is 0 Å². The summed E-state index contributed by atoms with van der Waals surface area (Å²) in [5, 5.41) is 0. The zero-order chi connectivity index (χ0) is 20.5. The van der Waals surface area contributed by atoms with Crippen molar-refractivity contribution in [1.82, 2.24) is 14.5 Å². The Bertz CT molecular complexity index is 1030. The topological polar surface area (TPSA) is 38.1 Å². The van der Waals surface area contributed by atoms with Crippen molar-refractivity contribution < 1.29 is 9.18 Å². The number of piperidine rings is 1. The second kappa shape index (κ2) is 8.21. The first-order chi connectivity index (χ1) is 14.7. The Morgan fingerprint density at radius 2 is 1.67 bits per heavy atom. The SMILES string of the molecule is O=C(C1CCCCC1)N1CCC(n2c(-c3ccccc3)nc3ccc(F)cc32)CC1. The van der Waals surface area contributed by atoms with Crippen molar-refractivity contribution in [3.63, 3.8) is 0 Å². The van der Waals surface area contributed by atoms with E-state index in [1.807, 2.05) is 18.2 Å². The summed E-state index contributed by atoms with van der Waals surface area (Å²) >= 11 is 0. The molecule has 1 aliphatic carbocycles. The molecule has 5 heteroatoms. The van der Waals surface area contributed by atoms with Crippen LogP contribution in [0.15, 0.2) is 48.5 Å². The molecule has 2 fully saturated rings. The Morgan fingerprint density at radius 3 is 2.40 bits per heavy atom. The predicted molar refractivity (Wildman–Crippen MR) is 117 cm³/mol. The number of rotatable bonds is 3. The Labute approximate surface area is 176 Å². The molecule has 2 aliphatic rings. The number of likely N-dealkylation sites (tertiary alicyclic amines) is 1. The van der Waals surface area contributed by atoms with Gasteiger partial charge in [0.05, 0.1) is 11.0 Å². The number of carbonyl (C=O) groups excluding carboxylic acids is 1. The molecule has 1 saturated heterocycles. The van der Waals surface area contributed by atoms with Gasteiger partial charge in [0.15, 0.2) is 0 Å². The van der Waals surface area contributed by atoms with Gasteiger partial charge in [-0.2, -0.15) is 0 Å². The highest BCUT2D eigenvalue weighted by Gasteiger charge is 2.31. The van der Waals surface area contributed by atoms with Gasteiger partial charge in [-0.05, 0) is 43.9 Å². The Kier molecular flexibility index (Phi) is 5.28. The monoisotopic (exact) mass is 405 g/mol. The average molecular weight is 406 g/mol. The number of imidazole rings is 1. The van der Waals surface area contributed by atoms with Gasteiger partial charge < -0.3 is 9.47 Å². The first-order valence-corrected chi connectivity index (χ1v) is 11.2. The number of hydrogen-bond donors (Lipinski definition) is 0.